The molecule has 1 atom stereocenters. The highest BCUT2D eigenvalue weighted by atomic mass is 19.4. The monoisotopic (exact) mass is 312 g/mol. The molecular weight excluding hydrogens is 293 g/mol. The molecule has 2 aliphatic heterocycles. The van der Waals surface area contributed by atoms with Gasteiger partial charge in [-0.1, -0.05) is 12.1 Å². The number of amides is 1. The first-order valence-corrected chi connectivity index (χ1v) is 7.64. The fourth-order valence-corrected chi connectivity index (χ4v) is 3.42. The number of rotatable bonds is 2. The van der Waals surface area contributed by atoms with Gasteiger partial charge < -0.3 is 5.32 Å². The lowest BCUT2D eigenvalue weighted by Gasteiger charge is -2.35. The van der Waals surface area contributed by atoms with Crippen LogP contribution in [0.15, 0.2) is 24.3 Å². The van der Waals surface area contributed by atoms with Gasteiger partial charge in [0, 0.05) is 6.54 Å². The van der Waals surface area contributed by atoms with Crippen LogP contribution in [0.2, 0.25) is 0 Å². The average Bonchev–Trinajstić information content (AvgIpc) is 2.93. The normalized spacial score (nSPS) is 24.5. The molecule has 6 heteroatoms. The van der Waals surface area contributed by atoms with Gasteiger partial charge in [0.2, 0.25) is 5.91 Å². The highest BCUT2D eigenvalue weighted by Gasteiger charge is 2.33. The molecule has 2 saturated heterocycles. The van der Waals surface area contributed by atoms with Crippen molar-refractivity contribution in [3.8, 4) is 0 Å². The number of piperidine rings is 1. The zero-order chi connectivity index (χ0) is 15.7. The van der Waals surface area contributed by atoms with Crippen LogP contribution >= 0.6 is 0 Å². The smallest absolute Gasteiger partial charge is 0.355 e. The van der Waals surface area contributed by atoms with E-state index in [9.17, 15) is 18.0 Å². The highest BCUT2D eigenvalue weighted by Crippen LogP contribution is 2.33. The van der Waals surface area contributed by atoms with Crippen LogP contribution in [0.25, 0.3) is 0 Å². The van der Waals surface area contributed by atoms with Crippen LogP contribution in [-0.4, -0.2) is 36.5 Å². The molecule has 1 amide bonds. The maximum absolute atomic E-state index is 12.6. The van der Waals surface area contributed by atoms with Crippen molar-refractivity contribution in [3.63, 3.8) is 0 Å². The van der Waals surface area contributed by atoms with Crippen molar-refractivity contribution in [2.75, 3.05) is 19.6 Å². The highest BCUT2D eigenvalue weighted by molar-refractivity contribution is 5.83. The number of likely N-dealkylation sites (tertiary alicyclic amines) is 1. The molecule has 2 aliphatic rings. The van der Waals surface area contributed by atoms with Gasteiger partial charge in [-0.25, -0.2) is 0 Å². The molecule has 0 spiro atoms. The van der Waals surface area contributed by atoms with E-state index in [0.29, 0.717) is 0 Å². The van der Waals surface area contributed by atoms with Crippen LogP contribution in [0.4, 0.5) is 13.2 Å². The summed E-state index contributed by atoms with van der Waals surface area (Å²) in [7, 11) is 0. The van der Waals surface area contributed by atoms with E-state index in [1.165, 1.54) is 0 Å². The maximum Gasteiger partial charge on any atom is 0.416 e. The molecule has 0 radical (unpaired) electrons. The molecule has 3 rings (SSSR count). The Kier molecular flexibility index (Phi) is 4.12. The van der Waals surface area contributed by atoms with E-state index in [2.05, 4.69) is 10.2 Å². The fraction of sp³-hybridized carbons (Fsp3) is 0.562. The van der Waals surface area contributed by atoms with Gasteiger partial charge in [-0.05, 0) is 56.0 Å². The molecule has 2 fully saturated rings. The predicted molar refractivity (Wildman–Crippen MR) is 76.4 cm³/mol. The summed E-state index contributed by atoms with van der Waals surface area (Å²) in [5.41, 5.74) is 0.361. The van der Waals surface area contributed by atoms with Crippen molar-refractivity contribution < 1.29 is 18.0 Å². The second-order valence-electron chi connectivity index (χ2n) is 6.03. The van der Waals surface area contributed by atoms with Crippen molar-refractivity contribution in [2.24, 2.45) is 0 Å². The van der Waals surface area contributed by atoms with Crippen molar-refractivity contribution in [2.45, 2.75) is 37.4 Å². The third kappa shape index (κ3) is 3.11. The van der Waals surface area contributed by atoms with Crippen LogP contribution in [0.1, 0.15) is 36.3 Å². The maximum atomic E-state index is 12.6. The van der Waals surface area contributed by atoms with Crippen molar-refractivity contribution >= 4 is 5.91 Å². The van der Waals surface area contributed by atoms with Gasteiger partial charge >= 0.3 is 6.18 Å². The number of nitrogens with zero attached hydrogens (tertiary/aromatic N) is 1. The van der Waals surface area contributed by atoms with E-state index < -0.39 is 11.7 Å². The Balaban J connectivity index is 1.60. The zero-order valence-corrected chi connectivity index (χ0v) is 12.2. The van der Waals surface area contributed by atoms with Crippen molar-refractivity contribution in [1.82, 2.24) is 10.2 Å². The Bertz CT molecular complexity index is 533. The first-order valence-electron chi connectivity index (χ1n) is 7.64. The quantitative estimate of drug-likeness (QED) is 0.911. The number of hydrogen-bond acceptors (Lipinski definition) is 2. The van der Waals surface area contributed by atoms with Crippen LogP contribution in [0.5, 0.6) is 0 Å². The Morgan fingerprint density at radius 1 is 1.05 bits per heavy atom. The summed E-state index contributed by atoms with van der Waals surface area (Å²) in [6, 6.07) is 5.48. The van der Waals surface area contributed by atoms with Crippen LogP contribution < -0.4 is 5.32 Å². The number of hydrogen-bond donors (Lipinski definition) is 1. The van der Waals surface area contributed by atoms with Gasteiger partial charge in [-0.15, -0.1) is 0 Å². The molecule has 2 heterocycles. The molecule has 0 saturated carbocycles. The van der Waals surface area contributed by atoms with Crippen molar-refractivity contribution in [1.29, 1.82) is 0 Å². The molecule has 0 bridgehead atoms. The predicted octanol–water partition coefficient (Wildman–Crippen LogP) is 2.77. The first-order chi connectivity index (χ1) is 10.4. The molecule has 1 unspecified atom stereocenters. The minimum atomic E-state index is -4.28. The average molecular weight is 312 g/mol. The minimum absolute atomic E-state index is 0.0199. The SMILES string of the molecule is O=C1NCCC1N1CCC(c2ccc(C(F)(F)F)cc2)CC1. The van der Waals surface area contributed by atoms with E-state index >= 15 is 0 Å². The molecule has 22 heavy (non-hydrogen) atoms. The second-order valence-corrected chi connectivity index (χ2v) is 6.03. The largest absolute Gasteiger partial charge is 0.416 e. The lowest BCUT2D eigenvalue weighted by atomic mass is 9.88. The summed E-state index contributed by atoms with van der Waals surface area (Å²) in [5, 5.41) is 2.84. The number of benzene rings is 1. The molecule has 1 aromatic carbocycles. The Hall–Kier alpha value is -1.56. The Labute approximate surface area is 127 Å². The summed E-state index contributed by atoms with van der Waals surface area (Å²) < 4.78 is 37.7. The van der Waals surface area contributed by atoms with Crippen LogP contribution in [0.3, 0.4) is 0 Å². The Morgan fingerprint density at radius 3 is 2.18 bits per heavy atom. The van der Waals surface area contributed by atoms with Gasteiger partial charge in [0.05, 0.1) is 11.6 Å². The van der Waals surface area contributed by atoms with Gasteiger partial charge in [-0.2, -0.15) is 13.2 Å². The molecule has 0 aliphatic carbocycles. The van der Waals surface area contributed by atoms with E-state index in [-0.39, 0.29) is 17.9 Å². The Morgan fingerprint density at radius 2 is 1.68 bits per heavy atom. The number of alkyl halides is 3. The lowest BCUT2D eigenvalue weighted by molar-refractivity contribution is -0.137. The van der Waals surface area contributed by atoms with E-state index in [1.54, 1.807) is 12.1 Å². The summed E-state index contributed by atoms with van der Waals surface area (Å²) in [6.45, 7) is 2.38. The van der Waals surface area contributed by atoms with E-state index in [1.807, 2.05) is 0 Å². The number of nitrogens with one attached hydrogen (secondary N) is 1. The summed E-state index contributed by atoms with van der Waals surface area (Å²) in [5.74, 6) is 0.385. The summed E-state index contributed by atoms with van der Waals surface area (Å²) in [6.07, 6.45) is -1.66. The van der Waals surface area contributed by atoms with Gasteiger partial charge in [-0.3, -0.25) is 9.69 Å². The molecule has 1 aromatic rings. The summed E-state index contributed by atoms with van der Waals surface area (Å²) in [4.78, 5) is 13.9. The first kappa shape index (κ1) is 15.3. The summed E-state index contributed by atoms with van der Waals surface area (Å²) >= 11 is 0. The van der Waals surface area contributed by atoms with E-state index in [0.717, 1.165) is 56.6 Å². The molecule has 120 valence electrons. The minimum Gasteiger partial charge on any atom is -0.355 e. The molecular formula is C16H19F3N2O. The third-order valence-electron chi connectivity index (χ3n) is 4.70. The fourth-order valence-electron chi connectivity index (χ4n) is 3.42. The molecule has 3 nitrogen and oxygen atoms in total. The second kappa shape index (κ2) is 5.91. The topological polar surface area (TPSA) is 32.3 Å². The zero-order valence-electron chi connectivity index (χ0n) is 12.2. The van der Waals surface area contributed by atoms with Crippen molar-refractivity contribution in [3.05, 3.63) is 35.4 Å². The van der Waals surface area contributed by atoms with E-state index in [4.69, 9.17) is 0 Å². The van der Waals surface area contributed by atoms with Gasteiger partial charge in [0.15, 0.2) is 0 Å². The van der Waals surface area contributed by atoms with Gasteiger partial charge in [0.25, 0.3) is 0 Å². The van der Waals surface area contributed by atoms with Crippen LogP contribution in [-0.2, 0) is 11.0 Å². The molecule has 1 N–H and O–H groups in total. The number of carbonyl (C=O) groups is 1. The van der Waals surface area contributed by atoms with Gasteiger partial charge in [0.1, 0.15) is 0 Å². The third-order valence-corrected chi connectivity index (χ3v) is 4.70. The number of halogens is 3. The molecule has 0 aromatic heterocycles. The number of carbonyl (C=O) groups excluding carboxylic acids is 1. The lowest BCUT2D eigenvalue weighted by Crippen LogP contribution is -2.44. The standard InChI is InChI=1S/C16H19F3N2O/c17-16(18,19)13-3-1-11(2-4-13)12-6-9-21(10-7-12)14-5-8-20-15(14)22/h1-4,12,14H,5-10H2,(H,20,22). The van der Waals surface area contributed by atoms with Crippen LogP contribution in [0, 0.1) is 0 Å².